The van der Waals surface area contributed by atoms with Gasteiger partial charge in [-0.15, -0.1) is 0 Å². The molecule has 4 N–H and O–H groups in total. The molecule has 1 aliphatic rings. The number of carbonyl (C=O) groups excluding carboxylic acids is 1. The second-order valence-electron chi connectivity index (χ2n) is 4.75. The summed E-state index contributed by atoms with van der Waals surface area (Å²) in [6.45, 7) is 0. The number of rotatable bonds is 5. The average Bonchev–Trinajstić information content (AvgIpc) is 2.39. The van der Waals surface area contributed by atoms with Gasteiger partial charge in [0.15, 0.2) is 5.84 Å². The first-order valence-corrected chi connectivity index (χ1v) is 7.21. The SMILES string of the molecule is N/C(=N/O)C1(C(=O)Nc2ccccc2SC(F)F)CCC1. The number of oxime groups is 1. The summed E-state index contributed by atoms with van der Waals surface area (Å²) in [5.41, 5.74) is 4.85. The van der Waals surface area contributed by atoms with Crippen molar-refractivity contribution in [3.63, 3.8) is 0 Å². The molecule has 8 heteroatoms. The van der Waals surface area contributed by atoms with Crippen LogP contribution in [0.3, 0.4) is 0 Å². The number of anilines is 1. The topological polar surface area (TPSA) is 87.7 Å². The van der Waals surface area contributed by atoms with Gasteiger partial charge in [-0.2, -0.15) is 8.78 Å². The number of amidine groups is 1. The highest BCUT2D eigenvalue weighted by molar-refractivity contribution is 7.99. The fraction of sp³-hybridized carbons (Fsp3) is 0.385. The molecule has 0 bridgehead atoms. The molecule has 0 radical (unpaired) electrons. The van der Waals surface area contributed by atoms with Crippen LogP contribution >= 0.6 is 11.8 Å². The zero-order chi connectivity index (χ0) is 15.5. The Morgan fingerprint density at radius 1 is 1.43 bits per heavy atom. The monoisotopic (exact) mass is 315 g/mol. The maximum absolute atomic E-state index is 12.5. The predicted molar refractivity (Wildman–Crippen MR) is 76.6 cm³/mol. The first-order chi connectivity index (χ1) is 9.99. The van der Waals surface area contributed by atoms with Crippen molar-refractivity contribution in [3.8, 4) is 0 Å². The Kier molecular flexibility index (Phi) is 4.66. The van der Waals surface area contributed by atoms with Crippen molar-refractivity contribution in [3.05, 3.63) is 24.3 Å². The summed E-state index contributed by atoms with van der Waals surface area (Å²) in [5.74, 6) is -3.17. The van der Waals surface area contributed by atoms with Crippen LogP contribution in [-0.4, -0.2) is 22.7 Å². The Bertz CT molecular complexity index is 562. The van der Waals surface area contributed by atoms with E-state index in [1.807, 2.05) is 0 Å². The highest BCUT2D eigenvalue weighted by Crippen LogP contribution is 2.43. The Morgan fingerprint density at radius 3 is 2.62 bits per heavy atom. The molecule has 21 heavy (non-hydrogen) atoms. The van der Waals surface area contributed by atoms with E-state index < -0.39 is 17.1 Å². The van der Waals surface area contributed by atoms with Crippen molar-refractivity contribution in [1.29, 1.82) is 0 Å². The number of halogens is 2. The molecular weight excluding hydrogens is 300 g/mol. The van der Waals surface area contributed by atoms with E-state index in [2.05, 4.69) is 10.5 Å². The normalized spacial score (nSPS) is 17.4. The van der Waals surface area contributed by atoms with Gasteiger partial charge in [-0.1, -0.05) is 35.5 Å². The van der Waals surface area contributed by atoms with E-state index in [9.17, 15) is 13.6 Å². The minimum Gasteiger partial charge on any atom is -0.409 e. The molecule has 0 aliphatic heterocycles. The van der Waals surface area contributed by atoms with Crippen molar-refractivity contribution in [2.45, 2.75) is 29.9 Å². The largest absolute Gasteiger partial charge is 0.409 e. The van der Waals surface area contributed by atoms with Crippen molar-refractivity contribution < 1.29 is 18.8 Å². The van der Waals surface area contributed by atoms with Gasteiger partial charge < -0.3 is 16.3 Å². The van der Waals surface area contributed by atoms with Crippen LogP contribution in [0.1, 0.15) is 19.3 Å². The third kappa shape index (κ3) is 3.10. The van der Waals surface area contributed by atoms with Gasteiger partial charge in [0.1, 0.15) is 5.41 Å². The lowest BCUT2D eigenvalue weighted by Crippen LogP contribution is -2.51. The number of nitrogens with zero attached hydrogens (tertiary/aromatic N) is 1. The van der Waals surface area contributed by atoms with Crippen molar-refractivity contribution in [2.24, 2.45) is 16.3 Å². The zero-order valence-corrected chi connectivity index (χ0v) is 11.9. The highest BCUT2D eigenvalue weighted by Gasteiger charge is 2.48. The van der Waals surface area contributed by atoms with Gasteiger partial charge in [-0.3, -0.25) is 4.79 Å². The van der Waals surface area contributed by atoms with E-state index in [1.54, 1.807) is 18.2 Å². The molecule has 1 aromatic carbocycles. The second-order valence-corrected chi connectivity index (χ2v) is 5.78. The zero-order valence-electron chi connectivity index (χ0n) is 11.1. The van der Waals surface area contributed by atoms with E-state index >= 15 is 0 Å². The first kappa shape index (κ1) is 15.6. The van der Waals surface area contributed by atoms with Crippen LogP contribution in [0.25, 0.3) is 0 Å². The first-order valence-electron chi connectivity index (χ1n) is 6.33. The number of nitrogens with two attached hydrogens (primary N) is 1. The second kappa shape index (κ2) is 6.30. The third-order valence-corrected chi connectivity index (χ3v) is 4.38. The Balaban J connectivity index is 2.20. The Labute approximate surface area is 124 Å². The minimum atomic E-state index is -2.58. The Hall–Kier alpha value is -1.83. The van der Waals surface area contributed by atoms with Gasteiger partial charge in [-0.05, 0) is 25.0 Å². The van der Waals surface area contributed by atoms with Crippen LogP contribution < -0.4 is 11.1 Å². The predicted octanol–water partition coefficient (Wildman–Crippen LogP) is 2.86. The van der Waals surface area contributed by atoms with E-state index in [4.69, 9.17) is 10.9 Å². The molecule has 0 heterocycles. The summed E-state index contributed by atoms with van der Waals surface area (Å²) in [4.78, 5) is 12.6. The molecule has 1 saturated carbocycles. The molecule has 1 amide bonds. The lowest BCUT2D eigenvalue weighted by molar-refractivity contribution is -0.125. The fourth-order valence-electron chi connectivity index (χ4n) is 2.24. The standard InChI is InChI=1S/C13H15F2N3O2S/c14-12(15)21-9-5-2-1-4-8(9)17-11(19)13(6-3-7-13)10(16)18-20/h1-2,4-5,12,20H,3,6-7H2,(H2,16,18)(H,17,19). The van der Waals surface area contributed by atoms with Gasteiger partial charge in [0.25, 0.3) is 5.76 Å². The van der Waals surface area contributed by atoms with Crippen LogP contribution in [0.2, 0.25) is 0 Å². The summed E-state index contributed by atoms with van der Waals surface area (Å²) < 4.78 is 25.0. The Morgan fingerprint density at radius 2 is 2.10 bits per heavy atom. The smallest absolute Gasteiger partial charge is 0.288 e. The highest BCUT2D eigenvalue weighted by atomic mass is 32.2. The maximum atomic E-state index is 12.5. The molecule has 1 aromatic rings. The van der Waals surface area contributed by atoms with Crippen molar-refractivity contribution >= 4 is 29.2 Å². The van der Waals surface area contributed by atoms with Crippen LogP contribution in [-0.2, 0) is 4.79 Å². The van der Waals surface area contributed by atoms with Gasteiger partial charge in [0.05, 0.1) is 5.69 Å². The van der Waals surface area contributed by atoms with Crippen molar-refractivity contribution in [1.82, 2.24) is 0 Å². The van der Waals surface area contributed by atoms with Crippen LogP contribution in [0, 0.1) is 5.41 Å². The molecule has 1 fully saturated rings. The summed E-state index contributed by atoms with van der Waals surface area (Å²) in [5, 5.41) is 14.3. The summed E-state index contributed by atoms with van der Waals surface area (Å²) in [6, 6.07) is 6.30. The van der Waals surface area contributed by atoms with E-state index in [-0.39, 0.29) is 10.7 Å². The number of hydrogen-bond acceptors (Lipinski definition) is 4. The summed E-state index contributed by atoms with van der Waals surface area (Å²) in [6.07, 6.45) is 1.73. The molecule has 2 rings (SSSR count). The van der Waals surface area contributed by atoms with E-state index in [1.165, 1.54) is 6.07 Å². The number of carbonyl (C=O) groups is 1. The lowest BCUT2D eigenvalue weighted by atomic mass is 9.67. The molecule has 0 atom stereocenters. The van der Waals surface area contributed by atoms with Gasteiger partial charge >= 0.3 is 0 Å². The van der Waals surface area contributed by atoms with E-state index in [0.29, 0.717) is 30.3 Å². The average molecular weight is 315 g/mol. The van der Waals surface area contributed by atoms with E-state index in [0.717, 1.165) is 6.42 Å². The number of alkyl halides is 2. The molecule has 5 nitrogen and oxygen atoms in total. The van der Waals surface area contributed by atoms with Gasteiger partial charge in [-0.25, -0.2) is 0 Å². The number of amides is 1. The number of thioether (sulfide) groups is 1. The lowest BCUT2D eigenvalue weighted by Gasteiger charge is -2.38. The molecule has 0 aromatic heterocycles. The molecule has 114 valence electrons. The van der Waals surface area contributed by atoms with Gasteiger partial charge in [0, 0.05) is 4.90 Å². The van der Waals surface area contributed by atoms with Gasteiger partial charge in [0.2, 0.25) is 5.91 Å². The fourth-order valence-corrected chi connectivity index (χ4v) is 2.83. The number of para-hydroxylation sites is 1. The molecular formula is C13H15F2N3O2S. The maximum Gasteiger partial charge on any atom is 0.288 e. The molecule has 0 unspecified atom stereocenters. The van der Waals surface area contributed by atoms with Crippen LogP contribution in [0.5, 0.6) is 0 Å². The number of nitrogens with one attached hydrogen (secondary N) is 1. The third-order valence-electron chi connectivity index (χ3n) is 3.59. The molecule has 0 spiro atoms. The minimum absolute atomic E-state index is 0.148. The summed E-state index contributed by atoms with van der Waals surface area (Å²) in [7, 11) is 0. The quantitative estimate of drug-likeness (QED) is 0.256. The van der Waals surface area contributed by atoms with Crippen LogP contribution in [0.15, 0.2) is 34.3 Å². The van der Waals surface area contributed by atoms with Crippen molar-refractivity contribution in [2.75, 3.05) is 5.32 Å². The summed E-state index contributed by atoms with van der Waals surface area (Å²) >= 11 is 0.359. The number of hydrogen-bond donors (Lipinski definition) is 3. The molecule has 0 saturated heterocycles. The molecule has 1 aliphatic carbocycles. The number of benzene rings is 1. The van der Waals surface area contributed by atoms with Crippen LogP contribution in [0.4, 0.5) is 14.5 Å².